The molecule has 0 bridgehead atoms. The van der Waals surface area contributed by atoms with Gasteiger partial charge in [0.05, 0.1) is 12.1 Å². The highest BCUT2D eigenvalue weighted by Crippen LogP contribution is 2.43. The maximum Gasteiger partial charge on any atom is 0.238 e. The molecule has 1 heterocycles. The Bertz CT molecular complexity index is 1750. The number of methoxy groups -OCH3 is 1. The third-order valence-corrected chi connectivity index (χ3v) is 7.07. The smallest absolute Gasteiger partial charge is 0.238 e. The van der Waals surface area contributed by atoms with Gasteiger partial charge in [0, 0.05) is 22.4 Å². The van der Waals surface area contributed by atoms with Crippen LogP contribution < -0.4 is 9.47 Å². The molecule has 0 atom stereocenters. The minimum Gasteiger partial charge on any atom is -0.493 e. The standard InChI is InChI=1S/C34H26Cl2N2O3/c1-21-4-10-25(11-5-21)31-28(18-37)34(41-32(31)26-12-6-22(2)7-13-26)38-19-24-16-29(36)33(30(17-24)39-3)40-20-23-8-14-27(35)15-9-23/h4-17,19H,20H2,1-3H3. The van der Waals surface area contributed by atoms with E-state index >= 15 is 0 Å². The molecule has 0 saturated carbocycles. The number of halogens is 2. The Morgan fingerprint density at radius 2 is 1.51 bits per heavy atom. The molecule has 0 saturated heterocycles. The molecule has 1 aromatic heterocycles. The van der Waals surface area contributed by atoms with E-state index in [0.717, 1.165) is 27.8 Å². The van der Waals surface area contributed by atoms with Gasteiger partial charge in [-0.05, 0) is 54.8 Å². The molecule has 0 aliphatic carbocycles. The van der Waals surface area contributed by atoms with Crippen LogP contribution in [-0.2, 0) is 6.61 Å². The van der Waals surface area contributed by atoms with Gasteiger partial charge in [0.2, 0.25) is 5.88 Å². The van der Waals surface area contributed by atoms with Crippen molar-refractivity contribution < 1.29 is 13.9 Å². The number of furan rings is 1. The molecule has 204 valence electrons. The molecule has 0 radical (unpaired) electrons. The number of rotatable bonds is 8. The van der Waals surface area contributed by atoms with Crippen molar-refractivity contribution in [3.8, 4) is 40.0 Å². The lowest BCUT2D eigenvalue weighted by molar-refractivity contribution is 0.284. The fraction of sp³-hybridized carbons (Fsp3) is 0.118. The van der Waals surface area contributed by atoms with Crippen molar-refractivity contribution in [2.24, 2.45) is 4.99 Å². The van der Waals surface area contributed by atoms with Crippen molar-refractivity contribution in [2.75, 3.05) is 7.11 Å². The molecule has 5 nitrogen and oxygen atoms in total. The summed E-state index contributed by atoms with van der Waals surface area (Å²) in [6.45, 7) is 4.34. The molecule has 7 heteroatoms. The number of aliphatic imine (C=N–C) groups is 1. The van der Waals surface area contributed by atoms with Gasteiger partial charge >= 0.3 is 0 Å². The number of hydrogen-bond donors (Lipinski definition) is 0. The quantitative estimate of drug-likeness (QED) is 0.171. The zero-order valence-electron chi connectivity index (χ0n) is 22.7. The summed E-state index contributed by atoms with van der Waals surface area (Å²) < 4.78 is 17.8. The molecule has 5 aromatic rings. The summed E-state index contributed by atoms with van der Waals surface area (Å²) in [4.78, 5) is 4.58. The highest BCUT2D eigenvalue weighted by Gasteiger charge is 2.23. The Labute approximate surface area is 249 Å². The lowest BCUT2D eigenvalue weighted by Gasteiger charge is -2.13. The minimum absolute atomic E-state index is 0.205. The molecule has 0 spiro atoms. The first kappa shape index (κ1) is 28.0. The van der Waals surface area contributed by atoms with Crippen molar-refractivity contribution in [2.45, 2.75) is 20.5 Å². The monoisotopic (exact) mass is 580 g/mol. The van der Waals surface area contributed by atoms with Gasteiger partial charge in [0.15, 0.2) is 11.5 Å². The molecule has 0 unspecified atom stereocenters. The molecule has 0 aliphatic heterocycles. The second-order valence-corrected chi connectivity index (χ2v) is 10.4. The molecule has 41 heavy (non-hydrogen) atoms. The molecule has 4 aromatic carbocycles. The van der Waals surface area contributed by atoms with Crippen molar-refractivity contribution in [3.63, 3.8) is 0 Å². The van der Waals surface area contributed by atoms with Crippen molar-refractivity contribution in [3.05, 3.63) is 123 Å². The maximum absolute atomic E-state index is 10.2. The lowest BCUT2D eigenvalue weighted by Crippen LogP contribution is -1.99. The largest absolute Gasteiger partial charge is 0.493 e. The fourth-order valence-electron chi connectivity index (χ4n) is 4.34. The summed E-state index contributed by atoms with van der Waals surface area (Å²) >= 11 is 12.6. The van der Waals surface area contributed by atoms with Crippen LogP contribution in [0.2, 0.25) is 10.0 Å². The second kappa shape index (κ2) is 12.3. The molecule has 0 N–H and O–H groups in total. The minimum atomic E-state index is 0.205. The zero-order valence-corrected chi connectivity index (χ0v) is 24.3. The summed E-state index contributed by atoms with van der Waals surface area (Å²) in [7, 11) is 1.55. The van der Waals surface area contributed by atoms with Crippen LogP contribution in [-0.4, -0.2) is 13.3 Å². The predicted octanol–water partition coefficient (Wildman–Crippen LogP) is 9.75. The van der Waals surface area contributed by atoms with Crippen LogP contribution in [0.5, 0.6) is 11.5 Å². The Morgan fingerprint density at radius 1 is 0.878 bits per heavy atom. The van der Waals surface area contributed by atoms with Crippen LogP contribution >= 0.6 is 23.2 Å². The van der Waals surface area contributed by atoms with E-state index < -0.39 is 0 Å². The van der Waals surface area contributed by atoms with E-state index in [-0.39, 0.29) is 5.88 Å². The van der Waals surface area contributed by atoms with E-state index in [0.29, 0.717) is 50.6 Å². The van der Waals surface area contributed by atoms with Crippen molar-refractivity contribution >= 4 is 35.3 Å². The SMILES string of the molecule is COc1cc(C=Nc2oc(-c3ccc(C)cc3)c(-c3ccc(C)cc3)c2C#N)cc(Cl)c1OCc1ccc(Cl)cc1. The number of ether oxygens (including phenoxy) is 2. The first-order chi connectivity index (χ1) is 19.9. The van der Waals surface area contributed by atoms with E-state index in [1.807, 2.05) is 74.5 Å². The van der Waals surface area contributed by atoms with Crippen LogP contribution in [0, 0.1) is 25.2 Å². The van der Waals surface area contributed by atoms with Crippen LogP contribution in [0.4, 0.5) is 5.88 Å². The third-order valence-electron chi connectivity index (χ3n) is 6.53. The molecule has 0 amide bonds. The Morgan fingerprint density at radius 3 is 2.12 bits per heavy atom. The Balaban J connectivity index is 1.50. The topological polar surface area (TPSA) is 67.8 Å². The molecular weight excluding hydrogens is 555 g/mol. The summed E-state index contributed by atoms with van der Waals surface area (Å²) in [5.74, 6) is 1.66. The van der Waals surface area contributed by atoms with Gasteiger partial charge in [-0.25, -0.2) is 4.99 Å². The summed E-state index contributed by atoms with van der Waals surface area (Å²) in [6, 6.07) is 29.1. The highest BCUT2D eigenvalue weighted by atomic mass is 35.5. The van der Waals surface area contributed by atoms with E-state index in [1.165, 1.54) is 0 Å². The van der Waals surface area contributed by atoms with Gasteiger partial charge in [0.1, 0.15) is 24.0 Å². The molecule has 5 rings (SSSR count). The number of nitriles is 1. The molecule has 0 fully saturated rings. The van der Waals surface area contributed by atoms with Gasteiger partial charge in [0.25, 0.3) is 0 Å². The fourth-order valence-corrected chi connectivity index (χ4v) is 4.74. The van der Waals surface area contributed by atoms with Gasteiger partial charge in [-0.15, -0.1) is 0 Å². The average Bonchev–Trinajstić information content (AvgIpc) is 3.35. The number of aryl methyl sites for hydroxylation is 2. The second-order valence-electron chi connectivity index (χ2n) is 9.54. The number of benzene rings is 4. The Hall–Kier alpha value is -4.50. The van der Waals surface area contributed by atoms with E-state index in [2.05, 4.69) is 11.1 Å². The summed E-state index contributed by atoms with van der Waals surface area (Å²) in [5.41, 5.74) is 6.62. The van der Waals surface area contributed by atoms with Gasteiger partial charge in [-0.2, -0.15) is 5.26 Å². The van der Waals surface area contributed by atoms with Crippen LogP contribution in [0.15, 0.2) is 94.3 Å². The number of hydrogen-bond acceptors (Lipinski definition) is 5. The number of nitrogens with zero attached hydrogens (tertiary/aromatic N) is 2. The van der Waals surface area contributed by atoms with Gasteiger partial charge < -0.3 is 13.9 Å². The van der Waals surface area contributed by atoms with E-state index in [1.54, 1.807) is 37.6 Å². The normalized spacial score (nSPS) is 11.0. The first-order valence-electron chi connectivity index (χ1n) is 12.9. The molecular formula is C34H26Cl2N2O3. The zero-order chi connectivity index (χ0) is 28.9. The maximum atomic E-state index is 10.2. The summed E-state index contributed by atoms with van der Waals surface area (Å²) in [5, 5.41) is 11.2. The predicted molar refractivity (Wildman–Crippen MR) is 165 cm³/mol. The lowest BCUT2D eigenvalue weighted by atomic mass is 9.97. The average molecular weight is 581 g/mol. The van der Waals surface area contributed by atoms with Gasteiger partial charge in [-0.3, -0.25) is 0 Å². The first-order valence-corrected chi connectivity index (χ1v) is 13.6. The van der Waals surface area contributed by atoms with Crippen molar-refractivity contribution in [1.29, 1.82) is 5.26 Å². The highest BCUT2D eigenvalue weighted by molar-refractivity contribution is 6.32. The van der Waals surface area contributed by atoms with E-state index in [4.69, 9.17) is 37.1 Å². The molecule has 0 aliphatic rings. The van der Waals surface area contributed by atoms with Crippen LogP contribution in [0.3, 0.4) is 0 Å². The van der Waals surface area contributed by atoms with Crippen LogP contribution in [0.25, 0.3) is 22.5 Å². The van der Waals surface area contributed by atoms with E-state index in [9.17, 15) is 5.26 Å². The van der Waals surface area contributed by atoms with Crippen LogP contribution in [0.1, 0.15) is 27.8 Å². The summed E-state index contributed by atoms with van der Waals surface area (Å²) in [6.07, 6.45) is 1.59. The van der Waals surface area contributed by atoms with Gasteiger partial charge in [-0.1, -0.05) is 95.0 Å². The van der Waals surface area contributed by atoms with Crippen molar-refractivity contribution in [1.82, 2.24) is 0 Å². The third kappa shape index (κ3) is 6.30. The Kier molecular flexibility index (Phi) is 8.45.